The van der Waals surface area contributed by atoms with Crippen LogP contribution in [0.5, 0.6) is 0 Å². The average Bonchev–Trinajstić information content (AvgIpc) is 3.55. The second-order valence-corrected chi connectivity index (χ2v) is 7.86. The molecule has 3 aliphatic rings. The molecule has 7 nitrogen and oxygen atoms in total. The average molecular weight is 425 g/mol. The molecule has 0 aromatic carbocycles. The lowest BCUT2D eigenvalue weighted by molar-refractivity contribution is -0.131. The number of hydrogen-bond acceptors (Lipinski definition) is 5. The van der Waals surface area contributed by atoms with Crippen molar-refractivity contribution in [1.82, 2.24) is 5.32 Å². The second-order valence-electron chi connectivity index (χ2n) is 7.86. The van der Waals surface area contributed by atoms with Crippen molar-refractivity contribution in [3.8, 4) is 0 Å². The molecule has 2 aliphatic carbocycles. The van der Waals surface area contributed by atoms with Gasteiger partial charge < -0.3 is 20.3 Å². The first-order valence-electron chi connectivity index (χ1n) is 10.5. The Balaban J connectivity index is 1.59. The van der Waals surface area contributed by atoms with Crippen LogP contribution in [0.4, 0.5) is 0 Å². The molecule has 1 aliphatic heterocycles. The number of ether oxygens (including phenoxy) is 1. The smallest absolute Gasteiger partial charge is 0.328 e. The van der Waals surface area contributed by atoms with E-state index in [1.165, 1.54) is 68.6 Å². The van der Waals surface area contributed by atoms with Crippen molar-refractivity contribution in [2.45, 2.75) is 49.9 Å². The molecule has 2 fully saturated rings. The Labute approximate surface area is 181 Å². The van der Waals surface area contributed by atoms with E-state index in [-0.39, 0.29) is 11.5 Å². The summed E-state index contributed by atoms with van der Waals surface area (Å²) in [4.78, 5) is 35.0. The molecule has 0 bridgehead atoms. The third kappa shape index (κ3) is 6.47. The van der Waals surface area contributed by atoms with Gasteiger partial charge in [-0.25, -0.2) is 4.79 Å². The Hall–Kier alpha value is -3.03. The molecule has 1 amide bonds. The molecular weight excluding hydrogens is 398 g/mol. The molecule has 3 N–H and O–H groups in total. The first-order valence-corrected chi connectivity index (χ1v) is 10.5. The molecule has 3 rings (SSSR count). The molecule has 0 radical (unpaired) electrons. The molecule has 0 spiro atoms. The van der Waals surface area contributed by atoms with Crippen molar-refractivity contribution in [1.29, 1.82) is 0 Å². The van der Waals surface area contributed by atoms with E-state index in [1.807, 2.05) is 6.08 Å². The topological polar surface area (TPSA) is 116 Å². The molecule has 1 saturated carbocycles. The van der Waals surface area contributed by atoms with Crippen LogP contribution in [-0.2, 0) is 19.1 Å². The number of ketones is 1. The lowest BCUT2D eigenvalue weighted by Crippen LogP contribution is -2.42. The number of amides is 1. The number of nitrogens with one attached hydrogen (secondary N) is 1. The standard InChI is InChI=1S/C24H27NO6/c26-19(13-8-7-12-17-10-4-3-5-11-17)25-18-16-24(30,23-22(31-23)21(18)29)15-9-2-1-6-14-20(27)28/h1-2,6-9,12-17,22-23,30H,3-5,10-11H2,(H,25,26)(H,27,28)/b2-1+,12-7+,13-8+,14-6+,15-9+/t22-,23-,24+/m0/s1. The van der Waals surface area contributed by atoms with Crippen molar-refractivity contribution in [3.63, 3.8) is 0 Å². The number of rotatable bonds is 8. The number of Topliss-reactive ketones (excluding diaryl/α,β-unsaturated/α-hetero) is 1. The minimum atomic E-state index is -1.55. The SMILES string of the molecule is O=C(O)/C=C/C=C/C=C/[C@@]1(O)C=C(NC(=O)/C=C/C=C/C2CCCCC2)C(=O)[C@@H]2O[C@@H]21. The highest BCUT2D eigenvalue weighted by Gasteiger charge is 2.59. The fraction of sp³-hybridized carbons (Fsp3) is 0.375. The quantitative estimate of drug-likeness (QED) is 0.313. The number of carbonyl (C=O) groups is 3. The van der Waals surface area contributed by atoms with Gasteiger partial charge in [-0.2, -0.15) is 0 Å². The van der Waals surface area contributed by atoms with Gasteiger partial charge >= 0.3 is 5.97 Å². The minimum Gasteiger partial charge on any atom is -0.478 e. The summed E-state index contributed by atoms with van der Waals surface area (Å²) in [7, 11) is 0. The summed E-state index contributed by atoms with van der Waals surface area (Å²) < 4.78 is 5.29. The molecule has 3 atom stereocenters. The van der Waals surface area contributed by atoms with E-state index >= 15 is 0 Å². The highest BCUT2D eigenvalue weighted by atomic mass is 16.6. The zero-order valence-corrected chi connectivity index (χ0v) is 17.1. The maximum absolute atomic E-state index is 12.3. The fourth-order valence-corrected chi connectivity index (χ4v) is 3.78. The monoisotopic (exact) mass is 425 g/mol. The van der Waals surface area contributed by atoms with E-state index in [2.05, 4.69) is 11.4 Å². The number of hydrogen-bond donors (Lipinski definition) is 3. The van der Waals surface area contributed by atoms with E-state index < -0.39 is 29.7 Å². The van der Waals surface area contributed by atoms with Crippen molar-refractivity contribution >= 4 is 17.7 Å². The van der Waals surface area contributed by atoms with E-state index in [1.54, 1.807) is 12.2 Å². The number of carbonyl (C=O) groups excluding carboxylic acids is 2. The summed E-state index contributed by atoms with van der Waals surface area (Å²) >= 11 is 0. The third-order valence-electron chi connectivity index (χ3n) is 5.43. The number of epoxide rings is 1. The summed E-state index contributed by atoms with van der Waals surface area (Å²) in [6, 6.07) is 0. The fourth-order valence-electron chi connectivity index (χ4n) is 3.78. The summed E-state index contributed by atoms with van der Waals surface area (Å²) in [5.41, 5.74) is -1.56. The number of fused-ring (bicyclic) bond motifs is 1. The van der Waals surface area contributed by atoms with Gasteiger partial charge in [-0.15, -0.1) is 0 Å². The van der Waals surface area contributed by atoms with Gasteiger partial charge in [-0.05, 0) is 30.9 Å². The van der Waals surface area contributed by atoms with E-state index in [4.69, 9.17) is 9.84 Å². The zero-order valence-electron chi connectivity index (χ0n) is 17.1. The van der Waals surface area contributed by atoms with Gasteiger partial charge in [-0.3, -0.25) is 9.59 Å². The zero-order chi connectivity index (χ0) is 22.3. The van der Waals surface area contributed by atoms with Gasteiger partial charge in [-0.1, -0.05) is 61.8 Å². The van der Waals surface area contributed by atoms with Gasteiger partial charge in [0.2, 0.25) is 11.7 Å². The van der Waals surface area contributed by atoms with Gasteiger partial charge in [0, 0.05) is 12.2 Å². The number of carboxylic acid groups (broad SMARTS) is 1. The Morgan fingerprint density at radius 2 is 1.74 bits per heavy atom. The predicted molar refractivity (Wildman–Crippen MR) is 115 cm³/mol. The van der Waals surface area contributed by atoms with E-state index in [0.29, 0.717) is 5.92 Å². The number of allylic oxidation sites excluding steroid dienone is 7. The molecule has 0 aromatic heterocycles. The van der Waals surface area contributed by atoms with E-state index in [0.717, 1.165) is 6.08 Å². The lowest BCUT2D eigenvalue weighted by Gasteiger charge is -2.23. The first-order chi connectivity index (χ1) is 14.9. The van der Waals surface area contributed by atoms with Crippen LogP contribution in [0.25, 0.3) is 0 Å². The Kier molecular flexibility index (Phi) is 7.55. The van der Waals surface area contributed by atoms with Gasteiger partial charge in [0.15, 0.2) is 6.10 Å². The van der Waals surface area contributed by atoms with Crippen LogP contribution < -0.4 is 5.32 Å². The van der Waals surface area contributed by atoms with Crippen LogP contribution in [0.15, 0.2) is 72.5 Å². The molecular formula is C24H27NO6. The van der Waals surface area contributed by atoms with Crippen LogP contribution in [0.1, 0.15) is 32.1 Å². The van der Waals surface area contributed by atoms with Crippen LogP contribution in [0.3, 0.4) is 0 Å². The summed E-state index contributed by atoms with van der Waals surface area (Å²) in [5, 5.41) is 21.9. The van der Waals surface area contributed by atoms with Crippen molar-refractivity contribution in [2.24, 2.45) is 5.92 Å². The molecule has 1 saturated heterocycles. The van der Waals surface area contributed by atoms with Gasteiger partial charge in [0.05, 0.1) is 5.70 Å². The van der Waals surface area contributed by atoms with Gasteiger partial charge in [0.1, 0.15) is 11.7 Å². The van der Waals surface area contributed by atoms with Crippen molar-refractivity contribution in [3.05, 3.63) is 72.5 Å². The largest absolute Gasteiger partial charge is 0.478 e. The third-order valence-corrected chi connectivity index (χ3v) is 5.43. The molecule has 164 valence electrons. The maximum atomic E-state index is 12.3. The lowest BCUT2D eigenvalue weighted by atomic mass is 9.88. The Bertz CT molecular complexity index is 888. The van der Waals surface area contributed by atoms with Crippen molar-refractivity contribution < 1.29 is 29.3 Å². The normalized spacial score (nSPS) is 29.3. The molecule has 0 unspecified atom stereocenters. The Morgan fingerprint density at radius 1 is 1.03 bits per heavy atom. The predicted octanol–water partition coefficient (Wildman–Crippen LogP) is 2.51. The molecule has 7 heteroatoms. The number of carboxylic acids is 1. The molecule has 31 heavy (non-hydrogen) atoms. The minimum absolute atomic E-state index is 0.00781. The van der Waals surface area contributed by atoms with Crippen molar-refractivity contribution in [2.75, 3.05) is 0 Å². The van der Waals surface area contributed by atoms with Gasteiger partial charge in [0.25, 0.3) is 0 Å². The number of aliphatic carboxylic acids is 1. The first kappa shape index (κ1) is 22.7. The summed E-state index contributed by atoms with van der Waals surface area (Å²) in [5.74, 6) is -1.34. The van der Waals surface area contributed by atoms with E-state index in [9.17, 15) is 19.5 Å². The highest BCUT2D eigenvalue weighted by Crippen LogP contribution is 2.40. The van der Waals surface area contributed by atoms with Crippen LogP contribution in [0.2, 0.25) is 0 Å². The second kappa shape index (κ2) is 10.3. The highest BCUT2D eigenvalue weighted by molar-refractivity contribution is 6.06. The van der Waals surface area contributed by atoms with Crippen LogP contribution in [0, 0.1) is 5.92 Å². The number of aliphatic hydroxyl groups is 1. The summed E-state index contributed by atoms with van der Waals surface area (Å²) in [6.07, 6.45) is 21.2. The molecule has 1 heterocycles. The van der Waals surface area contributed by atoms with Crippen LogP contribution >= 0.6 is 0 Å². The maximum Gasteiger partial charge on any atom is 0.328 e. The Morgan fingerprint density at radius 3 is 2.48 bits per heavy atom. The van der Waals surface area contributed by atoms with Crippen LogP contribution in [-0.4, -0.2) is 45.7 Å². The summed E-state index contributed by atoms with van der Waals surface area (Å²) in [6.45, 7) is 0. The molecule has 0 aromatic rings.